The molecule has 0 heterocycles. The molecule has 2 N–H and O–H groups in total. The van der Waals surface area contributed by atoms with E-state index in [4.69, 9.17) is 4.74 Å². The summed E-state index contributed by atoms with van der Waals surface area (Å²) in [7, 11) is 1.72. The minimum Gasteiger partial charge on any atom is -0.486 e. The molecule has 0 bridgehead atoms. The lowest BCUT2D eigenvalue weighted by molar-refractivity contribution is 0.191. The molecule has 0 saturated heterocycles. The lowest BCUT2D eigenvalue weighted by Gasteiger charge is -2.21. The third-order valence-corrected chi connectivity index (χ3v) is 2.73. The van der Waals surface area contributed by atoms with Gasteiger partial charge in [-0.2, -0.15) is 0 Å². The summed E-state index contributed by atoms with van der Waals surface area (Å²) >= 11 is 0. The number of halogens is 1. The van der Waals surface area contributed by atoms with Crippen LogP contribution in [0.5, 0.6) is 5.75 Å². The van der Waals surface area contributed by atoms with Gasteiger partial charge in [0.1, 0.15) is 6.10 Å². The molecular weight excluding hydrogens is 257 g/mol. The maximum atomic E-state index is 13.5. The molecular formula is C15H24FN3O. The standard InChI is InChI=1S/C15H24FN3O/c1-5-12(10-18-15(17-4)19-11(2)3)20-14-9-7-6-8-13(14)16/h6-9,11-12H,5,10H2,1-4H3,(H2,17,18,19). The van der Waals surface area contributed by atoms with Gasteiger partial charge in [-0.1, -0.05) is 19.1 Å². The van der Waals surface area contributed by atoms with Gasteiger partial charge in [-0.15, -0.1) is 0 Å². The number of benzene rings is 1. The third-order valence-electron chi connectivity index (χ3n) is 2.73. The van der Waals surface area contributed by atoms with Crippen molar-refractivity contribution in [2.75, 3.05) is 13.6 Å². The molecule has 0 aliphatic heterocycles. The van der Waals surface area contributed by atoms with Crippen molar-refractivity contribution in [1.29, 1.82) is 0 Å². The molecule has 1 atom stereocenters. The van der Waals surface area contributed by atoms with Crippen molar-refractivity contribution in [3.8, 4) is 5.75 Å². The average molecular weight is 281 g/mol. The van der Waals surface area contributed by atoms with Gasteiger partial charge in [-0.25, -0.2) is 4.39 Å². The Kier molecular flexibility index (Phi) is 6.84. The number of nitrogens with zero attached hydrogens (tertiary/aromatic N) is 1. The molecule has 0 aliphatic carbocycles. The summed E-state index contributed by atoms with van der Waals surface area (Å²) < 4.78 is 19.2. The van der Waals surface area contributed by atoms with E-state index in [1.807, 2.05) is 20.8 Å². The van der Waals surface area contributed by atoms with Crippen LogP contribution >= 0.6 is 0 Å². The molecule has 5 heteroatoms. The number of para-hydroxylation sites is 1. The fourth-order valence-electron chi connectivity index (χ4n) is 1.67. The van der Waals surface area contributed by atoms with Gasteiger partial charge in [0.15, 0.2) is 17.5 Å². The molecule has 4 nitrogen and oxygen atoms in total. The summed E-state index contributed by atoms with van der Waals surface area (Å²) in [5.74, 6) is 0.666. The van der Waals surface area contributed by atoms with E-state index in [1.165, 1.54) is 6.07 Å². The number of guanidine groups is 1. The molecule has 0 aromatic heterocycles. The molecule has 112 valence electrons. The quantitative estimate of drug-likeness (QED) is 0.622. The van der Waals surface area contributed by atoms with E-state index in [2.05, 4.69) is 15.6 Å². The molecule has 1 aromatic carbocycles. The van der Waals surface area contributed by atoms with Crippen LogP contribution in [0.25, 0.3) is 0 Å². The van der Waals surface area contributed by atoms with Crippen molar-refractivity contribution in [2.45, 2.75) is 39.3 Å². The van der Waals surface area contributed by atoms with E-state index in [1.54, 1.807) is 25.2 Å². The van der Waals surface area contributed by atoms with Crippen molar-refractivity contribution < 1.29 is 9.13 Å². The highest BCUT2D eigenvalue weighted by Crippen LogP contribution is 2.17. The summed E-state index contributed by atoms with van der Waals surface area (Å²) in [5.41, 5.74) is 0. The smallest absolute Gasteiger partial charge is 0.191 e. The van der Waals surface area contributed by atoms with Crippen LogP contribution in [0, 0.1) is 5.82 Å². The highest BCUT2D eigenvalue weighted by molar-refractivity contribution is 5.79. The van der Waals surface area contributed by atoms with E-state index < -0.39 is 0 Å². The van der Waals surface area contributed by atoms with Crippen LogP contribution in [0.4, 0.5) is 4.39 Å². The number of ether oxygens (including phenoxy) is 1. The third kappa shape index (κ3) is 5.47. The van der Waals surface area contributed by atoms with Gasteiger partial charge in [0.2, 0.25) is 0 Å². The SMILES string of the molecule is CCC(CNC(=NC)NC(C)C)Oc1ccccc1F. The Bertz CT molecular complexity index is 435. The highest BCUT2D eigenvalue weighted by Gasteiger charge is 2.12. The van der Waals surface area contributed by atoms with Crippen LogP contribution in [0.3, 0.4) is 0 Å². The van der Waals surface area contributed by atoms with Crippen LogP contribution in [0.1, 0.15) is 27.2 Å². The molecule has 1 rings (SSSR count). The maximum Gasteiger partial charge on any atom is 0.191 e. The predicted octanol–water partition coefficient (Wildman–Crippen LogP) is 2.56. The predicted molar refractivity (Wildman–Crippen MR) is 80.7 cm³/mol. The summed E-state index contributed by atoms with van der Waals surface area (Å²) in [6, 6.07) is 6.75. The zero-order valence-corrected chi connectivity index (χ0v) is 12.6. The summed E-state index contributed by atoms with van der Waals surface area (Å²) in [6.07, 6.45) is 0.664. The molecule has 20 heavy (non-hydrogen) atoms. The van der Waals surface area contributed by atoms with Crippen LogP contribution in [-0.4, -0.2) is 31.7 Å². The van der Waals surface area contributed by atoms with Crippen LogP contribution < -0.4 is 15.4 Å². The van der Waals surface area contributed by atoms with Crippen LogP contribution in [0.2, 0.25) is 0 Å². The monoisotopic (exact) mass is 281 g/mol. The first-order valence-corrected chi connectivity index (χ1v) is 6.95. The van der Waals surface area contributed by atoms with E-state index in [0.717, 1.165) is 12.4 Å². The number of hydrogen-bond acceptors (Lipinski definition) is 2. The Morgan fingerprint density at radius 3 is 2.60 bits per heavy atom. The zero-order valence-electron chi connectivity index (χ0n) is 12.6. The van der Waals surface area contributed by atoms with Crippen LogP contribution in [-0.2, 0) is 0 Å². The van der Waals surface area contributed by atoms with Crippen molar-refractivity contribution in [3.05, 3.63) is 30.1 Å². The lowest BCUT2D eigenvalue weighted by Crippen LogP contribution is -2.44. The normalized spacial score (nSPS) is 13.2. The van der Waals surface area contributed by atoms with Crippen molar-refractivity contribution in [3.63, 3.8) is 0 Å². The van der Waals surface area contributed by atoms with Gasteiger partial charge in [-0.05, 0) is 32.4 Å². The first kappa shape index (κ1) is 16.3. The number of aliphatic imine (C=N–C) groups is 1. The van der Waals surface area contributed by atoms with Crippen LogP contribution in [0.15, 0.2) is 29.3 Å². The molecule has 0 spiro atoms. The van der Waals surface area contributed by atoms with Crippen molar-refractivity contribution in [1.82, 2.24) is 10.6 Å². The minimum atomic E-state index is -0.337. The fourth-order valence-corrected chi connectivity index (χ4v) is 1.67. The number of nitrogens with one attached hydrogen (secondary N) is 2. The molecule has 0 amide bonds. The summed E-state index contributed by atoms with van der Waals surface area (Å²) in [5, 5.41) is 6.38. The Balaban J connectivity index is 2.53. The molecule has 0 aliphatic rings. The van der Waals surface area contributed by atoms with E-state index in [9.17, 15) is 4.39 Å². The summed E-state index contributed by atoms with van der Waals surface area (Å²) in [4.78, 5) is 4.12. The van der Waals surface area contributed by atoms with Gasteiger partial charge < -0.3 is 15.4 Å². The largest absolute Gasteiger partial charge is 0.486 e. The van der Waals surface area contributed by atoms with Gasteiger partial charge >= 0.3 is 0 Å². The average Bonchev–Trinajstić information content (AvgIpc) is 2.43. The molecule has 1 unspecified atom stereocenters. The Hall–Kier alpha value is -1.78. The Labute approximate surface area is 120 Å². The maximum absolute atomic E-state index is 13.5. The zero-order chi connectivity index (χ0) is 15.0. The number of hydrogen-bond donors (Lipinski definition) is 2. The summed E-state index contributed by atoms with van der Waals surface area (Å²) in [6.45, 7) is 6.66. The topological polar surface area (TPSA) is 45.7 Å². The Morgan fingerprint density at radius 2 is 2.05 bits per heavy atom. The van der Waals surface area contributed by atoms with E-state index >= 15 is 0 Å². The molecule has 0 radical (unpaired) electrons. The van der Waals surface area contributed by atoms with Gasteiger partial charge in [0.05, 0.1) is 6.54 Å². The van der Waals surface area contributed by atoms with Gasteiger partial charge in [0, 0.05) is 13.1 Å². The molecule has 0 saturated carbocycles. The van der Waals surface area contributed by atoms with E-state index in [0.29, 0.717) is 12.6 Å². The molecule has 0 fully saturated rings. The first-order chi connectivity index (χ1) is 9.56. The fraction of sp³-hybridized carbons (Fsp3) is 0.533. The molecule has 1 aromatic rings. The van der Waals surface area contributed by atoms with E-state index in [-0.39, 0.29) is 17.7 Å². The highest BCUT2D eigenvalue weighted by atomic mass is 19.1. The Morgan fingerprint density at radius 1 is 1.35 bits per heavy atom. The second-order valence-corrected chi connectivity index (χ2v) is 4.83. The lowest BCUT2D eigenvalue weighted by atomic mass is 10.2. The van der Waals surface area contributed by atoms with Gasteiger partial charge in [0.25, 0.3) is 0 Å². The van der Waals surface area contributed by atoms with Crippen molar-refractivity contribution in [2.24, 2.45) is 4.99 Å². The minimum absolute atomic E-state index is 0.113. The van der Waals surface area contributed by atoms with Crippen molar-refractivity contribution >= 4 is 5.96 Å². The second kappa shape index (κ2) is 8.40. The first-order valence-electron chi connectivity index (χ1n) is 6.95. The number of rotatable bonds is 6. The van der Waals surface area contributed by atoms with Gasteiger partial charge in [-0.3, -0.25) is 4.99 Å². The second-order valence-electron chi connectivity index (χ2n) is 4.83.